The predicted molar refractivity (Wildman–Crippen MR) is 44.5 cm³/mol. The number of rotatable bonds is 2. The molecule has 0 aliphatic carbocycles. The van der Waals surface area contributed by atoms with Crippen LogP contribution in [-0.2, 0) is 22.4 Å². The Bertz CT molecular complexity index is 83.0. The van der Waals surface area contributed by atoms with E-state index in [1.165, 1.54) is 0 Å². The molecule has 0 saturated carbocycles. The fourth-order valence-corrected chi connectivity index (χ4v) is 1.04. The molecule has 0 bridgehead atoms. The molecule has 0 heterocycles. The largest absolute Gasteiger partial charge is 0.358 e. The van der Waals surface area contributed by atoms with E-state index in [0.29, 0.717) is 4.32 Å². The van der Waals surface area contributed by atoms with Gasteiger partial charge in [-0.2, -0.15) is 0 Å². The number of nitrogens with zero attached hydrogens (tertiary/aromatic N) is 1. The second-order valence-corrected chi connectivity index (χ2v) is 2.57. The van der Waals surface area contributed by atoms with Crippen molar-refractivity contribution in [3.63, 3.8) is 0 Å². The van der Waals surface area contributed by atoms with Gasteiger partial charge in [-0.1, -0.05) is 12.2 Å². The van der Waals surface area contributed by atoms with Crippen LogP contribution in [0.1, 0.15) is 13.8 Å². The van der Waals surface area contributed by atoms with Crippen LogP contribution in [0.3, 0.4) is 0 Å². The van der Waals surface area contributed by atoms with Crippen molar-refractivity contribution in [2.75, 3.05) is 13.1 Å². The molecule has 0 unspecified atom stereocenters. The van der Waals surface area contributed by atoms with Crippen LogP contribution in [0.5, 0.6) is 0 Å². The Labute approximate surface area is 83.1 Å². The van der Waals surface area contributed by atoms with Crippen molar-refractivity contribution in [2.24, 2.45) is 0 Å². The summed E-state index contributed by atoms with van der Waals surface area (Å²) in [4.78, 5) is 2.01. The van der Waals surface area contributed by atoms with Gasteiger partial charge in [0.05, 0.1) is 0 Å². The number of hydrogen-bond acceptors (Lipinski definition) is 1. The molecule has 59 valence electrons. The molecule has 0 rings (SSSR count). The summed E-state index contributed by atoms with van der Waals surface area (Å²) in [6, 6.07) is 0. The van der Waals surface area contributed by atoms with Crippen LogP contribution in [-0.4, -0.2) is 22.3 Å². The van der Waals surface area contributed by atoms with Gasteiger partial charge in [-0.25, -0.2) is 0 Å². The summed E-state index contributed by atoms with van der Waals surface area (Å²) in [6.45, 7) is 6.04. The maximum absolute atomic E-state index is 4.81. The third-order valence-corrected chi connectivity index (χ3v) is 1.58. The summed E-state index contributed by atoms with van der Waals surface area (Å²) in [5.41, 5.74) is 0. The molecule has 0 aliphatic rings. The maximum atomic E-state index is 4.81. The minimum absolute atomic E-state index is 0. The van der Waals surface area contributed by atoms with Crippen molar-refractivity contribution in [3.8, 4) is 0 Å². The standard InChI is InChI=1S/C5H11NS2.Ag/c1-3-6(4-2)5(7)8;/h3-4H2,1-2H3,(H,7,8);. The van der Waals surface area contributed by atoms with E-state index >= 15 is 0 Å². The topological polar surface area (TPSA) is 3.24 Å². The Morgan fingerprint density at radius 1 is 1.44 bits per heavy atom. The van der Waals surface area contributed by atoms with E-state index in [1.807, 2.05) is 4.90 Å². The first-order valence-electron chi connectivity index (χ1n) is 2.70. The van der Waals surface area contributed by atoms with Crippen molar-refractivity contribution in [1.29, 1.82) is 0 Å². The Kier molecular flexibility index (Phi) is 9.96. The maximum Gasteiger partial charge on any atom is 0.133 e. The summed E-state index contributed by atoms with van der Waals surface area (Å²) in [6.07, 6.45) is 0. The van der Waals surface area contributed by atoms with E-state index in [1.54, 1.807) is 0 Å². The van der Waals surface area contributed by atoms with Crippen LogP contribution in [0.25, 0.3) is 0 Å². The first kappa shape index (κ1) is 12.6. The quantitative estimate of drug-likeness (QED) is 0.454. The molecule has 4 heteroatoms. The van der Waals surface area contributed by atoms with Crippen molar-refractivity contribution in [3.05, 3.63) is 0 Å². The molecule has 9 heavy (non-hydrogen) atoms. The fourth-order valence-electron chi connectivity index (χ4n) is 0.494. The zero-order chi connectivity index (χ0) is 6.57. The Balaban J connectivity index is 0. The van der Waals surface area contributed by atoms with Gasteiger partial charge < -0.3 is 4.90 Å². The second-order valence-electron chi connectivity index (χ2n) is 1.45. The van der Waals surface area contributed by atoms with Crippen molar-refractivity contribution in [1.82, 2.24) is 4.90 Å². The average Bonchev–Trinajstić information content (AvgIpc) is 1.69. The summed E-state index contributed by atoms with van der Waals surface area (Å²) >= 11 is 8.82. The smallest absolute Gasteiger partial charge is 0.133 e. The van der Waals surface area contributed by atoms with Crippen molar-refractivity contribution >= 4 is 29.2 Å². The molecule has 0 fully saturated rings. The molecule has 0 aromatic rings. The first-order chi connectivity index (χ1) is 3.72. The molecule has 0 spiro atoms. The SMILES string of the molecule is CCN(CC)C(=S)S.[Ag]. The van der Waals surface area contributed by atoms with Gasteiger partial charge in [0.2, 0.25) is 0 Å². The van der Waals surface area contributed by atoms with Crippen LogP contribution in [0.4, 0.5) is 0 Å². The molecule has 0 aromatic heterocycles. The molecule has 0 aliphatic heterocycles. The van der Waals surface area contributed by atoms with Gasteiger partial charge >= 0.3 is 0 Å². The second kappa shape index (κ2) is 7.09. The minimum atomic E-state index is 0. The summed E-state index contributed by atoms with van der Waals surface area (Å²) < 4.78 is 0.690. The van der Waals surface area contributed by atoms with Gasteiger partial charge in [-0.05, 0) is 13.8 Å². The van der Waals surface area contributed by atoms with E-state index in [4.69, 9.17) is 12.2 Å². The third-order valence-electron chi connectivity index (χ3n) is 1.03. The average molecular weight is 257 g/mol. The summed E-state index contributed by atoms with van der Waals surface area (Å²) in [7, 11) is 0. The number of hydrogen-bond donors (Lipinski definition) is 1. The predicted octanol–water partition coefficient (Wildman–Crippen LogP) is 1.54. The van der Waals surface area contributed by atoms with E-state index < -0.39 is 0 Å². The van der Waals surface area contributed by atoms with Gasteiger partial charge in [-0.3, -0.25) is 0 Å². The molecule has 1 nitrogen and oxygen atoms in total. The van der Waals surface area contributed by atoms with Crippen LogP contribution in [0.15, 0.2) is 0 Å². The van der Waals surface area contributed by atoms with Crippen LogP contribution >= 0.6 is 24.8 Å². The van der Waals surface area contributed by atoms with E-state index in [2.05, 4.69) is 26.5 Å². The van der Waals surface area contributed by atoms with Gasteiger partial charge in [0, 0.05) is 35.5 Å². The molecule has 0 saturated heterocycles. The zero-order valence-corrected chi connectivity index (χ0v) is 8.71. The fraction of sp³-hybridized carbons (Fsp3) is 0.800. The minimum Gasteiger partial charge on any atom is -0.358 e. The molecule has 1 radical (unpaired) electrons. The third kappa shape index (κ3) is 5.43. The van der Waals surface area contributed by atoms with E-state index in [0.717, 1.165) is 13.1 Å². The van der Waals surface area contributed by atoms with Crippen LogP contribution in [0, 0.1) is 0 Å². The number of thiol groups is 1. The van der Waals surface area contributed by atoms with E-state index in [9.17, 15) is 0 Å². The molecule has 0 atom stereocenters. The monoisotopic (exact) mass is 256 g/mol. The van der Waals surface area contributed by atoms with Crippen molar-refractivity contribution in [2.45, 2.75) is 13.8 Å². The Morgan fingerprint density at radius 3 is 1.78 bits per heavy atom. The summed E-state index contributed by atoms with van der Waals surface area (Å²) in [5, 5.41) is 0. The van der Waals surface area contributed by atoms with Gasteiger partial charge in [0.25, 0.3) is 0 Å². The van der Waals surface area contributed by atoms with Crippen LogP contribution in [0.2, 0.25) is 0 Å². The Morgan fingerprint density at radius 2 is 1.78 bits per heavy atom. The van der Waals surface area contributed by atoms with Crippen LogP contribution < -0.4 is 0 Å². The molecule has 0 amide bonds. The zero-order valence-electron chi connectivity index (χ0n) is 5.52. The molecular weight excluding hydrogens is 246 g/mol. The number of thiocarbonyl (C=S) groups is 1. The molecule has 0 N–H and O–H groups in total. The Hall–Kier alpha value is 0.980. The van der Waals surface area contributed by atoms with Crippen molar-refractivity contribution < 1.29 is 22.4 Å². The first-order valence-corrected chi connectivity index (χ1v) is 3.55. The molecular formula is C5H11AgNS2. The van der Waals surface area contributed by atoms with Gasteiger partial charge in [-0.15, -0.1) is 12.6 Å². The molecule has 0 aromatic carbocycles. The summed E-state index contributed by atoms with van der Waals surface area (Å²) in [5.74, 6) is 0. The van der Waals surface area contributed by atoms with Gasteiger partial charge in [0.1, 0.15) is 4.32 Å². The van der Waals surface area contributed by atoms with Gasteiger partial charge in [0.15, 0.2) is 0 Å². The normalized spacial score (nSPS) is 7.89. The van der Waals surface area contributed by atoms with E-state index in [-0.39, 0.29) is 22.4 Å².